The number of allylic oxidation sites excluding steroid dienone is 1. The number of carbonyl (C=O) groups is 2. The molecule has 0 saturated carbocycles. The molecule has 0 spiro atoms. The molecular weight excluding hydrogens is 190 g/mol. The number of carboxylic acids is 1. The van der Waals surface area contributed by atoms with E-state index < -0.39 is 5.97 Å². The summed E-state index contributed by atoms with van der Waals surface area (Å²) in [5, 5.41) is 13.7. The zero-order valence-electron chi connectivity index (χ0n) is 6.56. The van der Waals surface area contributed by atoms with E-state index in [1.54, 1.807) is 12.1 Å². The summed E-state index contributed by atoms with van der Waals surface area (Å²) in [6.45, 7) is 0. The van der Waals surface area contributed by atoms with Gasteiger partial charge in [-0.2, -0.15) is 0 Å². The van der Waals surface area contributed by atoms with E-state index in [0.29, 0.717) is 11.3 Å². The molecule has 0 aliphatic carbocycles. The fraction of sp³-hybridized carbons (Fsp3) is 0. The number of rotatable bonds is 4. The Bertz CT molecular complexity index is 329. The highest BCUT2D eigenvalue weighted by molar-refractivity contribution is 7.14. The maximum Gasteiger partial charge on any atom is 0.352 e. The molecule has 1 rings (SSSR count). The number of nitrogens with one attached hydrogen (secondary N) is 1. The van der Waals surface area contributed by atoms with E-state index in [1.165, 1.54) is 11.3 Å². The second-order valence-corrected chi connectivity index (χ2v) is 3.07. The zero-order chi connectivity index (χ0) is 9.68. The monoisotopic (exact) mass is 197 g/mol. The Balaban J connectivity index is 2.75. The van der Waals surface area contributed by atoms with E-state index in [0.717, 1.165) is 6.08 Å². The fourth-order valence-corrected chi connectivity index (χ4v) is 1.35. The van der Waals surface area contributed by atoms with Crippen LogP contribution >= 0.6 is 11.3 Å². The number of carboxylic acid groups (broad SMARTS) is 1. The first-order valence-corrected chi connectivity index (χ1v) is 4.31. The Hall–Kier alpha value is -1.62. The summed E-state index contributed by atoms with van der Waals surface area (Å²) in [5.41, 5.74) is -0.127. The van der Waals surface area contributed by atoms with Crippen LogP contribution < -0.4 is 5.32 Å². The summed E-state index contributed by atoms with van der Waals surface area (Å²) in [4.78, 5) is 20.6. The van der Waals surface area contributed by atoms with Crippen molar-refractivity contribution in [1.82, 2.24) is 0 Å². The van der Waals surface area contributed by atoms with Gasteiger partial charge in [-0.3, -0.25) is 4.79 Å². The van der Waals surface area contributed by atoms with Gasteiger partial charge in [0.05, 0.1) is 5.00 Å². The first-order chi connectivity index (χ1) is 6.24. The highest BCUT2D eigenvalue weighted by Gasteiger charge is 2.06. The Labute approximate surface area is 78.5 Å². The lowest BCUT2D eigenvalue weighted by molar-refractivity contribution is -0.132. The molecule has 5 heteroatoms. The van der Waals surface area contributed by atoms with Gasteiger partial charge in [0.2, 0.25) is 0 Å². The molecule has 4 nitrogen and oxygen atoms in total. The number of thiophene rings is 1. The molecule has 0 fully saturated rings. The van der Waals surface area contributed by atoms with E-state index in [1.807, 2.05) is 5.38 Å². The number of anilines is 1. The van der Waals surface area contributed by atoms with Gasteiger partial charge >= 0.3 is 5.97 Å². The lowest BCUT2D eigenvalue weighted by atomic mass is 10.4. The van der Waals surface area contributed by atoms with E-state index in [9.17, 15) is 9.59 Å². The third-order valence-electron chi connectivity index (χ3n) is 1.24. The van der Waals surface area contributed by atoms with Gasteiger partial charge in [0.15, 0.2) is 0 Å². The Kier molecular flexibility index (Phi) is 3.22. The van der Waals surface area contributed by atoms with Crippen LogP contribution in [0.25, 0.3) is 0 Å². The van der Waals surface area contributed by atoms with Crippen LogP contribution in [-0.2, 0) is 9.59 Å². The maximum absolute atomic E-state index is 10.5. The van der Waals surface area contributed by atoms with Gasteiger partial charge in [-0.1, -0.05) is 0 Å². The molecule has 0 amide bonds. The summed E-state index contributed by atoms with van der Waals surface area (Å²) in [6.07, 6.45) is 1.41. The summed E-state index contributed by atoms with van der Waals surface area (Å²) in [6, 6.07) is 3.51. The summed E-state index contributed by atoms with van der Waals surface area (Å²) in [5.74, 6) is -1.15. The molecule has 0 saturated heterocycles. The normalized spacial score (nSPS) is 10.9. The van der Waals surface area contributed by atoms with Gasteiger partial charge in [0, 0.05) is 6.08 Å². The van der Waals surface area contributed by atoms with Gasteiger partial charge in [-0.15, -0.1) is 11.3 Å². The van der Waals surface area contributed by atoms with E-state index in [4.69, 9.17) is 5.11 Å². The number of aliphatic carboxylic acids is 1. The molecule has 68 valence electrons. The second kappa shape index (κ2) is 4.42. The Morgan fingerprint density at radius 1 is 1.62 bits per heavy atom. The van der Waals surface area contributed by atoms with Gasteiger partial charge in [-0.05, 0) is 17.5 Å². The third-order valence-corrected chi connectivity index (χ3v) is 2.03. The molecule has 2 N–H and O–H groups in total. The molecule has 0 radical (unpaired) electrons. The number of hydrogen-bond donors (Lipinski definition) is 2. The Morgan fingerprint density at radius 3 is 2.85 bits per heavy atom. The topological polar surface area (TPSA) is 66.4 Å². The van der Waals surface area contributed by atoms with Crippen LogP contribution in [0, 0.1) is 0 Å². The lowest BCUT2D eigenvalue weighted by Crippen LogP contribution is -2.09. The van der Waals surface area contributed by atoms with Crippen LogP contribution in [0.1, 0.15) is 0 Å². The number of hydrogen-bond acceptors (Lipinski definition) is 4. The van der Waals surface area contributed by atoms with E-state index in [2.05, 4.69) is 5.32 Å². The molecule has 0 aliphatic heterocycles. The van der Waals surface area contributed by atoms with Crippen molar-refractivity contribution in [2.24, 2.45) is 0 Å². The predicted molar refractivity (Wildman–Crippen MR) is 49.7 cm³/mol. The van der Waals surface area contributed by atoms with Crippen molar-refractivity contribution in [3.63, 3.8) is 0 Å². The average molecular weight is 197 g/mol. The van der Waals surface area contributed by atoms with Crippen molar-refractivity contribution in [3.8, 4) is 0 Å². The van der Waals surface area contributed by atoms with Gasteiger partial charge in [0.1, 0.15) is 12.0 Å². The molecule has 0 atom stereocenters. The van der Waals surface area contributed by atoms with Crippen molar-refractivity contribution in [1.29, 1.82) is 0 Å². The van der Waals surface area contributed by atoms with Crippen molar-refractivity contribution in [2.75, 3.05) is 5.32 Å². The van der Waals surface area contributed by atoms with Crippen LogP contribution in [0.4, 0.5) is 5.00 Å². The minimum Gasteiger partial charge on any atom is -0.477 e. The molecule has 1 aromatic heterocycles. The molecule has 1 aromatic rings. The third kappa shape index (κ3) is 2.72. The zero-order valence-corrected chi connectivity index (χ0v) is 7.38. The fourth-order valence-electron chi connectivity index (χ4n) is 0.717. The van der Waals surface area contributed by atoms with Crippen molar-refractivity contribution in [3.05, 3.63) is 29.3 Å². The van der Waals surface area contributed by atoms with E-state index in [-0.39, 0.29) is 5.70 Å². The SMILES string of the molecule is O=CC=C(Nc1cccs1)C(=O)O. The standard InChI is InChI=1S/C8H7NO3S/c10-4-3-6(8(11)12)9-7-2-1-5-13-7/h1-5,9H,(H,11,12). The van der Waals surface area contributed by atoms with Crippen LogP contribution in [0.2, 0.25) is 0 Å². The second-order valence-electron chi connectivity index (χ2n) is 2.12. The summed E-state index contributed by atoms with van der Waals surface area (Å²) < 4.78 is 0. The Morgan fingerprint density at radius 2 is 2.38 bits per heavy atom. The summed E-state index contributed by atoms with van der Waals surface area (Å²) in [7, 11) is 0. The molecule has 0 bridgehead atoms. The first kappa shape index (κ1) is 9.47. The molecule has 0 aliphatic rings. The largest absolute Gasteiger partial charge is 0.477 e. The predicted octanol–water partition coefficient (Wildman–Crippen LogP) is 1.33. The maximum atomic E-state index is 10.5. The van der Waals surface area contributed by atoms with Gasteiger partial charge in [0.25, 0.3) is 0 Å². The molecular formula is C8H7NO3S. The first-order valence-electron chi connectivity index (χ1n) is 3.43. The van der Waals surface area contributed by atoms with Crippen molar-refractivity contribution in [2.45, 2.75) is 0 Å². The van der Waals surface area contributed by atoms with E-state index >= 15 is 0 Å². The molecule has 1 heterocycles. The van der Waals surface area contributed by atoms with Crippen LogP contribution in [0.3, 0.4) is 0 Å². The molecule has 0 aromatic carbocycles. The smallest absolute Gasteiger partial charge is 0.352 e. The van der Waals surface area contributed by atoms with Crippen molar-refractivity contribution >= 4 is 28.6 Å². The molecule has 0 unspecified atom stereocenters. The van der Waals surface area contributed by atoms with Crippen LogP contribution in [-0.4, -0.2) is 17.4 Å². The highest BCUT2D eigenvalue weighted by Crippen LogP contribution is 2.16. The quantitative estimate of drug-likeness (QED) is 0.564. The summed E-state index contributed by atoms with van der Waals surface area (Å²) >= 11 is 1.36. The minimum atomic E-state index is -1.15. The van der Waals surface area contributed by atoms with Gasteiger partial charge in [-0.25, -0.2) is 4.79 Å². The number of carbonyl (C=O) groups excluding carboxylic acids is 1. The highest BCUT2D eigenvalue weighted by atomic mass is 32.1. The molecule has 13 heavy (non-hydrogen) atoms. The van der Waals surface area contributed by atoms with Crippen LogP contribution in [0.15, 0.2) is 29.3 Å². The van der Waals surface area contributed by atoms with Crippen LogP contribution in [0.5, 0.6) is 0 Å². The lowest BCUT2D eigenvalue weighted by Gasteiger charge is -2.01. The minimum absolute atomic E-state index is 0.127. The van der Waals surface area contributed by atoms with Crippen molar-refractivity contribution < 1.29 is 14.7 Å². The van der Waals surface area contributed by atoms with Gasteiger partial charge < -0.3 is 10.4 Å². The average Bonchev–Trinajstić information content (AvgIpc) is 2.56. The number of aldehydes is 1.